The van der Waals surface area contributed by atoms with E-state index in [-0.39, 0.29) is 24.5 Å². The summed E-state index contributed by atoms with van der Waals surface area (Å²) in [6.45, 7) is 2.91. The molecule has 1 N–H and O–H groups in total. The monoisotopic (exact) mass is 411 g/mol. The minimum atomic E-state index is -0.724. The van der Waals surface area contributed by atoms with E-state index in [0.717, 1.165) is 0 Å². The number of methoxy groups -OCH3 is 2. The first kappa shape index (κ1) is 21.4. The van der Waals surface area contributed by atoms with Gasteiger partial charge in [0.1, 0.15) is 17.3 Å². The lowest BCUT2D eigenvalue weighted by atomic mass is 9.95. The van der Waals surface area contributed by atoms with Crippen LogP contribution in [0.2, 0.25) is 0 Å². The summed E-state index contributed by atoms with van der Waals surface area (Å²) < 4.78 is 15.7. The number of ether oxygens (including phenoxy) is 3. The maximum Gasteiger partial charge on any atom is 0.295 e. The van der Waals surface area contributed by atoms with Crippen LogP contribution in [0.1, 0.15) is 24.1 Å². The summed E-state index contributed by atoms with van der Waals surface area (Å²) in [5.41, 5.74) is 1.17. The van der Waals surface area contributed by atoms with Crippen molar-refractivity contribution in [1.29, 1.82) is 0 Å². The molecule has 1 atom stereocenters. The van der Waals surface area contributed by atoms with Crippen molar-refractivity contribution in [2.75, 3.05) is 34.0 Å². The molecule has 0 bridgehead atoms. The molecule has 1 fully saturated rings. The molecular formula is C23H25NO6. The van der Waals surface area contributed by atoms with E-state index in [1.165, 1.54) is 12.0 Å². The van der Waals surface area contributed by atoms with Gasteiger partial charge < -0.3 is 24.2 Å². The number of aliphatic hydroxyl groups is 1. The molecule has 30 heavy (non-hydrogen) atoms. The molecule has 0 aromatic heterocycles. The van der Waals surface area contributed by atoms with Crippen molar-refractivity contribution in [2.24, 2.45) is 0 Å². The van der Waals surface area contributed by atoms with Gasteiger partial charge in [-0.15, -0.1) is 0 Å². The first-order chi connectivity index (χ1) is 14.5. The van der Waals surface area contributed by atoms with Crippen LogP contribution in [0.5, 0.6) is 11.5 Å². The lowest BCUT2D eigenvalue weighted by Crippen LogP contribution is -2.32. The van der Waals surface area contributed by atoms with E-state index in [1.54, 1.807) is 55.6 Å². The van der Waals surface area contributed by atoms with E-state index in [1.807, 2.05) is 6.92 Å². The number of rotatable bonds is 8. The Hall–Kier alpha value is -3.32. The molecule has 1 aliphatic heterocycles. The zero-order valence-corrected chi connectivity index (χ0v) is 17.3. The van der Waals surface area contributed by atoms with Crippen LogP contribution in [0, 0.1) is 0 Å². The maximum absolute atomic E-state index is 12.9. The minimum Gasteiger partial charge on any atom is -0.507 e. The number of aliphatic hydroxyl groups excluding tert-OH is 1. The van der Waals surface area contributed by atoms with Crippen LogP contribution in [0.3, 0.4) is 0 Å². The van der Waals surface area contributed by atoms with Gasteiger partial charge in [0.2, 0.25) is 0 Å². The van der Waals surface area contributed by atoms with Gasteiger partial charge in [0, 0.05) is 19.2 Å². The molecule has 0 spiro atoms. The minimum absolute atomic E-state index is 0.0467. The van der Waals surface area contributed by atoms with Crippen LogP contribution in [0.25, 0.3) is 5.76 Å². The fourth-order valence-corrected chi connectivity index (χ4v) is 3.46. The third-order valence-electron chi connectivity index (χ3n) is 4.95. The van der Waals surface area contributed by atoms with E-state index in [4.69, 9.17) is 14.2 Å². The molecule has 2 aromatic carbocycles. The number of carbonyl (C=O) groups is 2. The standard InChI is InChI=1S/C23H25NO6/c1-4-30-18-11-5-15(6-12-18)20-19(22(26)23(27)24(20)13-14-28-2)21(25)16-7-9-17(29-3)10-8-16/h5-12,20,25H,4,13-14H2,1-3H3/b21-19-. The van der Waals surface area contributed by atoms with Gasteiger partial charge >= 0.3 is 0 Å². The van der Waals surface area contributed by atoms with Crippen molar-refractivity contribution in [1.82, 2.24) is 4.90 Å². The molecule has 1 unspecified atom stereocenters. The predicted molar refractivity (Wildman–Crippen MR) is 111 cm³/mol. The molecule has 7 heteroatoms. The van der Waals surface area contributed by atoms with Gasteiger partial charge in [-0.2, -0.15) is 0 Å². The molecule has 1 aliphatic rings. The average molecular weight is 411 g/mol. The van der Waals surface area contributed by atoms with Crippen molar-refractivity contribution in [3.63, 3.8) is 0 Å². The van der Waals surface area contributed by atoms with E-state index < -0.39 is 17.7 Å². The van der Waals surface area contributed by atoms with E-state index in [0.29, 0.717) is 29.2 Å². The van der Waals surface area contributed by atoms with Gasteiger partial charge in [-0.25, -0.2) is 0 Å². The Morgan fingerprint density at radius 3 is 2.20 bits per heavy atom. The summed E-state index contributed by atoms with van der Waals surface area (Å²) in [5.74, 6) is -0.311. The SMILES string of the molecule is CCOc1ccc(C2/C(=C(/O)c3ccc(OC)cc3)C(=O)C(=O)N2CCOC)cc1. The highest BCUT2D eigenvalue weighted by Crippen LogP contribution is 2.39. The number of hydrogen-bond acceptors (Lipinski definition) is 6. The Bertz CT molecular complexity index is 933. The maximum atomic E-state index is 12.9. The number of likely N-dealkylation sites (tertiary alicyclic amines) is 1. The van der Waals surface area contributed by atoms with Crippen LogP contribution in [-0.2, 0) is 14.3 Å². The molecule has 7 nitrogen and oxygen atoms in total. The third kappa shape index (κ3) is 4.16. The lowest BCUT2D eigenvalue weighted by molar-refractivity contribution is -0.140. The zero-order chi connectivity index (χ0) is 21.7. The van der Waals surface area contributed by atoms with Crippen LogP contribution >= 0.6 is 0 Å². The van der Waals surface area contributed by atoms with Crippen molar-refractivity contribution < 1.29 is 28.9 Å². The molecule has 0 radical (unpaired) electrons. The van der Waals surface area contributed by atoms with Gasteiger partial charge in [-0.1, -0.05) is 12.1 Å². The smallest absolute Gasteiger partial charge is 0.295 e. The summed E-state index contributed by atoms with van der Waals surface area (Å²) in [6.07, 6.45) is 0. The van der Waals surface area contributed by atoms with Crippen molar-refractivity contribution in [3.8, 4) is 11.5 Å². The first-order valence-corrected chi connectivity index (χ1v) is 9.66. The molecule has 1 heterocycles. The third-order valence-corrected chi connectivity index (χ3v) is 4.95. The number of carbonyl (C=O) groups excluding carboxylic acids is 2. The number of benzene rings is 2. The van der Waals surface area contributed by atoms with Crippen molar-refractivity contribution in [2.45, 2.75) is 13.0 Å². The van der Waals surface area contributed by atoms with E-state index in [9.17, 15) is 14.7 Å². The summed E-state index contributed by atoms with van der Waals surface area (Å²) in [5, 5.41) is 11.0. The largest absolute Gasteiger partial charge is 0.507 e. The second kappa shape index (κ2) is 9.45. The number of Topliss-reactive ketones (excluding diaryl/α,β-unsaturated/α-hetero) is 1. The van der Waals surface area contributed by atoms with Crippen molar-refractivity contribution in [3.05, 3.63) is 65.2 Å². The second-order valence-corrected chi connectivity index (χ2v) is 6.72. The number of hydrogen-bond donors (Lipinski definition) is 1. The number of nitrogens with zero attached hydrogens (tertiary/aromatic N) is 1. The number of amides is 1. The lowest BCUT2D eigenvalue weighted by Gasteiger charge is -2.25. The van der Waals surface area contributed by atoms with Gasteiger partial charge in [0.25, 0.3) is 11.7 Å². The van der Waals surface area contributed by atoms with Gasteiger partial charge in [0.05, 0.1) is 31.9 Å². The quantitative estimate of drug-likeness (QED) is 0.408. The van der Waals surface area contributed by atoms with Gasteiger partial charge in [0.15, 0.2) is 0 Å². The molecule has 0 aliphatic carbocycles. The van der Waals surface area contributed by atoms with Crippen LogP contribution < -0.4 is 9.47 Å². The Balaban J connectivity index is 2.09. The van der Waals surface area contributed by atoms with Crippen molar-refractivity contribution >= 4 is 17.4 Å². The zero-order valence-electron chi connectivity index (χ0n) is 17.3. The van der Waals surface area contributed by atoms with Crippen LogP contribution in [0.4, 0.5) is 0 Å². The molecule has 1 amide bonds. The Kier molecular flexibility index (Phi) is 6.74. The van der Waals surface area contributed by atoms with Gasteiger partial charge in [-0.05, 0) is 48.9 Å². The summed E-state index contributed by atoms with van der Waals surface area (Å²) >= 11 is 0. The molecule has 3 rings (SSSR count). The normalized spacial score (nSPS) is 18.0. The first-order valence-electron chi connectivity index (χ1n) is 9.66. The topological polar surface area (TPSA) is 85.3 Å². The summed E-state index contributed by atoms with van der Waals surface area (Å²) in [4.78, 5) is 27.0. The van der Waals surface area contributed by atoms with Crippen LogP contribution in [0.15, 0.2) is 54.1 Å². The fraction of sp³-hybridized carbons (Fsp3) is 0.304. The van der Waals surface area contributed by atoms with E-state index >= 15 is 0 Å². The van der Waals surface area contributed by atoms with E-state index in [2.05, 4.69) is 0 Å². The molecule has 1 saturated heterocycles. The molecule has 0 saturated carbocycles. The average Bonchev–Trinajstić information content (AvgIpc) is 3.02. The fourth-order valence-electron chi connectivity index (χ4n) is 3.46. The Morgan fingerprint density at radius 2 is 1.63 bits per heavy atom. The number of ketones is 1. The molecule has 158 valence electrons. The van der Waals surface area contributed by atoms with Gasteiger partial charge in [-0.3, -0.25) is 9.59 Å². The highest BCUT2D eigenvalue weighted by molar-refractivity contribution is 6.46. The second-order valence-electron chi connectivity index (χ2n) is 6.72. The summed E-state index contributed by atoms with van der Waals surface area (Å²) in [7, 11) is 3.07. The van der Waals surface area contributed by atoms with Crippen LogP contribution in [-0.4, -0.2) is 55.7 Å². The molecule has 2 aromatic rings. The Morgan fingerprint density at radius 1 is 1.00 bits per heavy atom. The Labute approximate surface area is 175 Å². The summed E-state index contributed by atoms with van der Waals surface area (Å²) in [6, 6.07) is 13.1. The highest BCUT2D eigenvalue weighted by atomic mass is 16.5. The highest BCUT2D eigenvalue weighted by Gasteiger charge is 2.45. The molecular weight excluding hydrogens is 386 g/mol. The predicted octanol–water partition coefficient (Wildman–Crippen LogP) is 3.16.